The van der Waals surface area contributed by atoms with E-state index < -0.39 is 10.8 Å². The lowest BCUT2D eigenvalue weighted by Gasteiger charge is -2.50. The van der Waals surface area contributed by atoms with Crippen molar-refractivity contribution in [2.45, 2.75) is 10.8 Å². The summed E-state index contributed by atoms with van der Waals surface area (Å²) in [5.41, 5.74) is 22.3. The second kappa shape index (κ2) is 17.2. The molecule has 12 aromatic rings. The zero-order valence-corrected chi connectivity index (χ0v) is 40.2. The van der Waals surface area contributed by atoms with Crippen LogP contribution in [-0.4, -0.2) is 0 Å². The normalized spacial score (nSPS) is 13.4. The second-order valence-electron chi connectivity index (χ2n) is 19.4. The average molecular weight is 928 g/mol. The van der Waals surface area contributed by atoms with E-state index in [1.165, 1.54) is 99.8 Å². The standard InChI is InChI=1S/C72H49N/c1-5-23-50(24-6-1)51-41-44-56(45-42-51)73(69-40-22-16-31-58(69)52-25-7-2-8-26-52)70-48-47-57(59-32-13-14-34-62(59)70)53-43-46-61-60-33-15-17-35-63(60)72(68(61)49-53)66-38-20-18-36-64(66)71(54-27-9-3-10-28-54,55-29-11-4-12-30-55)65-37-19-21-39-67(65)72/h1-49H. The van der Waals surface area contributed by atoms with Crippen LogP contribution in [0.3, 0.4) is 0 Å². The Hall–Kier alpha value is -9.30. The first kappa shape index (κ1) is 42.6. The molecule has 73 heavy (non-hydrogen) atoms. The fraction of sp³-hybridized carbons (Fsp3) is 0.0278. The monoisotopic (exact) mass is 927 g/mol. The van der Waals surface area contributed by atoms with Gasteiger partial charge in [0, 0.05) is 16.6 Å². The highest BCUT2D eigenvalue weighted by Crippen LogP contribution is 2.65. The quantitative estimate of drug-likeness (QED) is 0.147. The third-order valence-corrected chi connectivity index (χ3v) is 15.8. The number of hydrogen-bond acceptors (Lipinski definition) is 1. The second-order valence-corrected chi connectivity index (χ2v) is 19.4. The number of benzene rings is 12. The van der Waals surface area contributed by atoms with E-state index in [4.69, 9.17) is 0 Å². The predicted octanol–water partition coefficient (Wildman–Crippen LogP) is 18.4. The van der Waals surface area contributed by atoms with Gasteiger partial charge in [-0.1, -0.05) is 267 Å². The molecule has 0 fully saturated rings. The van der Waals surface area contributed by atoms with Crippen LogP contribution in [0.4, 0.5) is 17.1 Å². The molecule has 0 radical (unpaired) electrons. The van der Waals surface area contributed by atoms with Gasteiger partial charge in [0.25, 0.3) is 0 Å². The molecular formula is C72H49N. The lowest BCUT2D eigenvalue weighted by atomic mass is 9.51. The molecule has 0 aromatic heterocycles. The van der Waals surface area contributed by atoms with E-state index in [0.29, 0.717) is 0 Å². The highest BCUT2D eigenvalue weighted by atomic mass is 15.1. The van der Waals surface area contributed by atoms with Gasteiger partial charge in [0.05, 0.1) is 22.2 Å². The minimum absolute atomic E-state index is 0.560. The lowest BCUT2D eigenvalue weighted by molar-refractivity contribution is 0.624. The maximum atomic E-state index is 2.53. The maximum Gasteiger partial charge on any atom is 0.0720 e. The number of hydrogen-bond donors (Lipinski definition) is 0. The molecule has 2 aliphatic rings. The Morgan fingerprint density at radius 1 is 0.219 bits per heavy atom. The molecule has 0 unspecified atom stereocenters. The lowest BCUT2D eigenvalue weighted by Crippen LogP contribution is -2.44. The van der Waals surface area contributed by atoms with Crippen molar-refractivity contribution in [3.63, 3.8) is 0 Å². The molecule has 342 valence electrons. The van der Waals surface area contributed by atoms with E-state index in [1.54, 1.807) is 0 Å². The summed E-state index contributed by atoms with van der Waals surface area (Å²) in [6.07, 6.45) is 0. The molecule has 0 amide bonds. The van der Waals surface area contributed by atoms with Crippen molar-refractivity contribution in [1.29, 1.82) is 0 Å². The van der Waals surface area contributed by atoms with Crippen LogP contribution in [0.1, 0.15) is 44.5 Å². The van der Waals surface area contributed by atoms with E-state index in [9.17, 15) is 0 Å². The molecule has 1 heteroatoms. The van der Waals surface area contributed by atoms with Gasteiger partial charge in [-0.3, -0.25) is 0 Å². The van der Waals surface area contributed by atoms with Crippen molar-refractivity contribution in [2.24, 2.45) is 0 Å². The van der Waals surface area contributed by atoms with Crippen LogP contribution in [0.25, 0.3) is 55.3 Å². The van der Waals surface area contributed by atoms with Gasteiger partial charge in [0.15, 0.2) is 0 Å². The van der Waals surface area contributed by atoms with E-state index in [1.807, 2.05) is 0 Å². The number of nitrogens with zero attached hydrogens (tertiary/aromatic N) is 1. The molecule has 14 rings (SSSR count). The molecule has 1 spiro atoms. The zero-order valence-electron chi connectivity index (χ0n) is 40.2. The molecule has 2 aliphatic carbocycles. The van der Waals surface area contributed by atoms with Gasteiger partial charge in [-0.25, -0.2) is 0 Å². The molecule has 12 aromatic carbocycles. The first-order valence-electron chi connectivity index (χ1n) is 25.4. The summed E-state index contributed by atoms with van der Waals surface area (Å²) >= 11 is 0. The molecule has 0 saturated carbocycles. The number of anilines is 3. The minimum atomic E-state index is -0.595. The van der Waals surface area contributed by atoms with Gasteiger partial charge in [0.1, 0.15) is 0 Å². The van der Waals surface area contributed by atoms with E-state index >= 15 is 0 Å². The van der Waals surface area contributed by atoms with Crippen LogP contribution < -0.4 is 4.90 Å². The van der Waals surface area contributed by atoms with Gasteiger partial charge in [-0.05, 0) is 119 Å². The molecule has 0 N–H and O–H groups in total. The minimum Gasteiger partial charge on any atom is -0.309 e. The van der Waals surface area contributed by atoms with Crippen molar-refractivity contribution in [2.75, 3.05) is 4.90 Å². The van der Waals surface area contributed by atoms with Gasteiger partial charge in [0.2, 0.25) is 0 Å². The van der Waals surface area contributed by atoms with Crippen LogP contribution in [0.5, 0.6) is 0 Å². The largest absolute Gasteiger partial charge is 0.309 e. The molecule has 0 saturated heterocycles. The number of rotatable bonds is 8. The fourth-order valence-corrected chi connectivity index (χ4v) is 12.9. The molecule has 0 heterocycles. The Bertz CT molecular complexity index is 3920. The van der Waals surface area contributed by atoms with Crippen molar-refractivity contribution in [1.82, 2.24) is 0 Å². The molecule has 0 bridgehead atoms. The highest BCUT2D eigenvalue weighted by molar-refractivity contribution is 6.08. The topological polar surface area (TPSA) is 3.24 Å². The SMILES string of the molecule is c1ccc(-c2ccc(N(c3ccccc3-c3ccccc3)c3ccc(-c4ccc5c(c4)C4(c6ccccc6-5)c5ccccc5C(c5ccccc5)(c5ccccc5)c5ccccc54)c4ccccc34)cc2)cc1. The van der Waals surface area contributed by atoms with Crippen molar-refractivity contribution < 1.29 is 0 Å². The zero-order chi connectivity index (χ0) is 48.3. The fourth-order valence-electron chi connectivity index (χ4n) is 12.9. The Balaban J connectivity index is 0.994. The number of fused-ring (bicyclic) bond motifs is 10. The molecule has 1 nitrogen and oxygen atoms in total. The summed E-state index contributed by atoms with van der Waals surface area (Å²) in [7, 11) is 0. The number of para-hydroxylation sites is 1. The van der Waals surface area contributed by atoms with Crippen LogP contribution in [0.2, 0.25) is 0 Å². The molecule has 0 aliphatic heterocycles. The van der Waals surface area contributed by atoms with E-state index in [2.05, 4.69) is 302 Å². The summed E-state index contributed by atoms with van der Waals surface area (Å²) in [4.78, 5) is 2.46. The highest BCUT2D eigenvalue weighted by Gasteiger charge is 2.56. The summed E-state index contributed by atoms with van der Waals surface area (Å²) in [6, 6.07) is 110. The van der Waals surface area contributed by atoms with E-state index in [0.717, 1.165) is 17.1 Å². The molecule has 0 atom stereocenters. The van der Waals surface area contributed by atoms with Gasteiger partial charge in [-0.15, -0.1) is 0 Å². The van der Waals surface area contributed by atoms with E-state index in [-0.39, 0.29) is 0 Å². The van der Waals surface area contributed by atoms with Crippen LogP contribution in [-0.2, 0) is 10.8 Å². The summed E-state index contributed by atoms with van der Waals surface area (Å²) in [6.45, 7) is 0. The van der Waals surface area contributed by atoms with Gasteiger partial charge >= 0.3 is 0 Å². The Morgan fingerprint density at radius 2 is 0.644 bits per heavy atom. The van der Waals surface area contributed by atoms with Crippen LogP contribution >= 0.6 is 0 Å². The van der Waals surface area contributed by atoms with Crippen LogP contribution in [0.15, 0.2) is 297 Å². The maximum absolute atomic E-state index is 2.53. The van der Waals surface area contributed by atoms with Gasteiger partial charge < -0.3 is 4.90 Å². The first-order valence-corrected chi connectivity index (χ1v) is 25.4. The summed E-state index contributed by atoms with van der Waals surface area (Å²) in [5, 5.41) is 2.38. The Kier molecular flexibility index (Phi) is 10.0. The summed E-state index contributed by atoms with van der Waals surface area (Å²) in [5.74, 6) is 0. The van der Waals surface area contributed by atoms with Crippen molar-refractivity contribution >= 4 is 27.8 Å². The Labute approximate surface area is 427 Å². The third-order valence-electron chi connectivity index (χ3n) is 15.8. The first-order chi connectivity index (χ1) is 36.2. The third kappa shape index (κ3) is 6.42. The smallest absolute Gasteiger partial charge is 0.0720 e. The predicted molar refractivity (Wildman–Crippen MR) is 304 cm³/mol. The summed E-state index contributed by atoms with van der Waals surface area (Å²) < 4.78 is 0. The molecular weight excluding hydrogens is 879 g/mol. The van der Waals surface area contributed by atoms with Crippen molar-refractivity contribution in [3.8, 4) is 44.5 Å². The van der Waals surface area contributed by atoms with Crippen LogP contribution in [0, 0.1) is 0 Å². The Morgan fingerprint density at radius 3 is 1.26 bits per heavy atom. The van der Waals surface area contributed by atoms with Gasteiger partial charge in [-0.2, -0.15) is 0 Å². The average Bonchev–Trinajstić information content (AvgIpc) is 3.76. The van der Waals surface area contributed by atoms with Crippen molar-refractivity contribution in [3.05, 3.63) is 342 Å².